The van der Waals surface area contributed by atoms with Gasteiger partial charge in [-0.3, -0.25) is 4.79 Å². The summed E-state index contributed by atoms with van der Waals surface area (Å²) in [7, 11) is 0. The molecule has 0 aromatic heterocycles. The molecule has 21 heavy (non-hydrogen) atoms. The summed E-state index contributed by atoms with van der Waals surface area (Å²) in [5.74, 6) is -1.44. The summed E-state index contributed by atoms with van der Waals surface area (Å²) in [4.78, 5) is 23.2. The lowest BCUT2D eigenvalue weighted by atomic mass is 10.1. The maximum absolute atomic E-state index is 11.7. The van der Waals surface area contributed by atoms with Gasteiger partial charge < -0.3 is 9.47 Å². The fourth-order valence-corrected chi connectivity index (χ4v) is 1.88. The molecule has 1 aromatic rings. The molecule has 0 fully saturated rings. The van der Waals surface area contributed by atoms with E-state index in [2.05, 4.69) is 6.92 Å². The molecule has 116 valence electrons. The zero-order chi connectivity index (χ0) is 15.3. The van der Waals surface area contributed by atoms with E-state index in [1.807, 2.05) is 0 Å². The van der Waals surface area contributed by atoms with Crippen molar-refractivity contribution in [3.8, 4) is 0 Å². The van der Waals surface area contributed by atoms with E-state index in [0.29, 0.717) is 18.8 Å². The van der Waals surface area contributed by atoms with Crippen molar-refractivity contribution < 1.29 is 19.1 Å². The molecule has 0 radical (unpaired) electrons. The van der Waals surface area contributed by atoms with Crippen LogP contribution in [0, 0.1) is 0 Å². The summed E-state index contributed by atoms with van der Waals surface area (Å²) in [6.45, 7) is 3.31. The zero-order valence-electron chi connectivity index (χ0n) is 12.7. The van der Waals surface area contributed by atoms with Gasteiger partial charge in [0.05, 0.1) is 6.61 Å². The Kier molecular flexibility index (Phi) is 9.13. The SMILES string of the molecule is CCCCCCCOCCOC(=O)C(=O)c1ccccc1. The highest BCUT2D eigenvalue weighted by molar-refractivity contribution is 6.40. The highest BCUT2D eigenvalue weighted by Crippen LogP contribution is 2.03. The Bertz CT molecular complexity index is 414. The van der Waals surface area contributed by atoms with Gasteiger partial charge in [-0.1, -0.05) is 62.9 Å². The first kappa shape index (κ1) is 17.4. The Morgan fingerprint density at radius 1 is 0.905 bits per heavy atom. The van der Waals surface area contributed by atoms with Gasteiger partial charge in [0.15, 0.2) is 0 Å². The van der Waals surface area contributed by atoms with Crippen LogP contribution in [-0.2, 0) is 14.3 Å². The second-order valence-corrected chi connectivity index (χ2v) is 4.86. The second kappa shape index (κ2) is 11.0. The summed E-state index contributed by atoms with van der Waals surface area (Å²) >= 11 is 0. The molecule has 0 aliphatic rings. The van der Waals surface area contributed by atoms with Crippen LogP contribution in [0.1, 0.15) is 49.4 Å². The van der Waals surface area contributed by atoms with E-state index in [9.17, 15) is 9.59 Å². The van der Waals surface area contributed by atoms with E-state index in [-0.39, 0.29) is 6.61 Å². The number of esters is 1. The van der Waals surface area contributed by atoms with Crippen LogP contribution in [0.25, 0.3) is 0 Å². The van der Waals surface area contributed by atoms with Gasteiger partial charge in [0, 0.05) is 12.2 Å². The quantitative estimate of drug-likeness (QED) is 0.271. The first-order valence-electron chi connectivity index (χ1n) is 7.60. The van der Waals surface area contributed by atoms with Crippen molar-refractivity contribution in [1.29, 1.82) is 0 Å². The third-order valence-corrected chi connectivity index (χ3v) is 3.07. The zero-order valence-corrected chi connectivity index (χ0v) is 12.7. The monoisotopic (exact) mass is 292 g/mol. The molecule has 4 nitrogen and oxygen atoms in total. The van der Waals surface area contributed by atoms with Crippen molar-refractivity contribution >= 4 is 11.8 Å². The van der Waals surface area contributed by atoms with Gasteiger partial charge in [-0.25, -0.2) is 4.79 Å². The lowest BCUT2D eigenvalue weighted by Crippen LogP contribution is -2.20. The first-order chi connectivity index (χ1) is 10.3. The lowest BCUT2D eigenvalue weighted by Gasteiger charge is -2.05. The van der Waals surface area contributed by atoms with E-state index in [1.54, 1.807) is 30.3 Å². The van der Waals surface area contributed by atoms with Crippen LogP contribution < -0.4 is 0 Å². The van der Waals surface area contributed by atoms with Gasteiger partial charge in [0.2, 0.25) is 0 Å². The van der Waals surface area contributed by atoms with Crippen LogP contribution in [0.4, 0.5) is 0 Å². The van der Waals surface area contributed by atoms with Crippen molar-refractivity contribution in [1.82, 2.24) is 0 Å². The lowest BCUT2D eigenvalue weighted by molar-refractivity contribution is -0.139. The number of rotatable bonds is 11. The molecule has 0 aliphatic heterocycles. The fourth-order valence-electron chi connectivity index (χ4n) is 1.88. The number of benzene rings is 1. The fraction of sp³-hybridized carbons (Fsp3) is 0.529. The number of hydrogen-bond donors (Lipinski definition) is 0. The molecular weight excluding hydrogens is 268 g/mol. The highest BCUT2D eigenvalue weighted by Gasteiger charge is 2.16. The normalized spacial score (nSPS) is 10.3. The molecule has 0 saturated carbocycles. The maximum Gasteiger partial charge on any atom is 0.379 e. The molecule has 0 N–H and O–H groups in total. The van der Waals surface area contributed by atoms with Crippen LogP contribution in [0.2, 0.25) is 0 Å². The van der Waals surface area contributed by atoms with Gasteiger partial charge in [0.1, 0.15) is 6.61 Å². The Morgan fingerprint density at radius 2 is 1.62 bits per heavy atom. The van der Waals surface area contributed by atoms with Gasteiger partial charge >= 0.3 is 5.97 Å². The molecule has 1 rings (SSSR count). The minimum Gasteiger partial charge on any atom is -0.457 e. The Balaban J connectivity index is 2.05. The van der Waals surface area contributed by atoms with Crippen molar-refractivity contribution in [2.75, 3.05) is 19.8 Å². The van der Waals surface area contributed by atoms with E-state index < -0.39 is 11.8 Å². The number of ether oxygens (including phenoxy) is 2. The van der Waals surface area contributed by atoms with Crippen LogP contribution in [-0.4, -0.2) is 31.6 Å². The van der Waals surface area contributed by atoms with Gasteiger partial charge in [-0.05, 0) is 6.42 Å². The van der Waals surface area contributed by atoms with Crippen molar-refractivity contribution in [3.05, 3.63) is 35.9 Å². The molecular formula is C17H24O4. The largest absolute Gasteiger partial charge is 0.457 e. The minimum atomic E-state index is -0.826. The topological polar surface area (TPSA) is 52.6 Å². The van der Waals surface area contributed by atoms with Crippen molar-refractivity contribution in [2.45, 2.75) is 39.0 Å². The van der Waals surface area contributed by atoms with Crippen molar-refractivity contribution in [3.63, 3.8) is 0 Å². The number of carbonyl (C=O) groups is 2. The summed E-state index contributed by atoms with van der Waals surface area (Å²) in [6, 6.07) is 8.40. The third-order valence-electron chi connectivity index (χ3n) is 3.07. The standard InChI is InChI=1S/C17H24O4/c1-2-3-4-5-9-12-20-13-14-21-17(19)16(18)15-10-7-6-8-11-15/h6-8,10-11H,2-5,9,12-14H2,1H3. The summed E-state index contributed by atoms with van der Waals surface area (Å²) in [5, 5.41) is 0. The van der Waals surface area contributed by atoms with E-state index in [1.165, 1.54) is 25.7 Å². The Labute approximate surface area is 126 Å². The van der Waals surface area contributed by atoms with Gasteiger partial charge in [-0.15, -0.1) is 0 Å². The molecule has 1 aromatic carbocycles. The average Bonchev–Trinajstić information content (AvgIpc) is 2.53. The molecule has 4 heteroatoms. The predicted octanol–water partition coefficient (Wildman–Crippen LogP) is 3.40. The summed E-state index contributed by atoms with van der Waals surface area (Å²) < 4.78 is 10.3. The number of carbonyl (C=O) groups excluding carboxylic acids is 2. The molecule has 0 bridgehead atoms. The molecule has 0 heterocycles. The van der Waals surface area contributed by atoms with Crippen LogP contribution >= 0.6 is 0 Å². The number of ketones is 1. The molecule has 0 saturated heterocycles. The summed E-state index contributed by atoms with van der Waals surface area (Å²) in [6.07, 6.45) is 5.92. The van der Waals surface area contributed by atoms with Crippen LogP contribution in [0.3, 0.4) is 0 Å². The smallest absolute Gasteiger partial charge is 0.379 e. The van der Waals surface area contributed by atoms with Gasteiger partial charge in [0.25, 0.3) is 5.78 Å². The number of unbranched alkanes of at least 4 members (excludes halogenated alkanes) is 4. The molecule has 0 aliphatic carbocycles. The molecule has 0 unspecified atom stereocenters. The van der Waals surface area contributed by atoms with E-state index in [0.717, 1.165) is 6.42 Å². The number of hydrogen-bond acceptors (Lipinski definition) is 4. The molecule has 0 spiro atoms. The highest BCUT2D eigenvalue weighted by atomic mass is 16.6. The summed E-state index contributed by atoms with van der Waals surface area (Å²) in [5.41, 5.74) is 0.347. The molecule has 0 atom stereocenters. The van der Waals surface area contributed by atoms with Gasteiger partial charge in [-0.2, -0.15) is 0 Å². The van der Waals surface area contributed by atoms with E-state index >= 15 is 0 Å². The third kappa shape index (κ3) is 7.61. The predicted molar refractivity (Wildman–Crippen MR) is 81.3 cm³/mol. The Hall–Kier alpha value is -1.68. The number of Topliss-reactive ketones (excluding diaryl/α,β-unsaturated/α-hetero) is 1. The first-order valence-corrected chi connectivity index (χ1v) is 7.60. The Morgan fingerprint density at radius 3 is 2.33 bits per heavy atom. The minimum absolute atomic E-state index is 0.117. The van der Waals surface area contributed by atoms with Crippen LogP contribution in [0.5, 0.6) is 0 Å². The second-order valence-electron chi connectivity index (χ2n) is 4.86. The average molecular weight is 292 g/mol. The molecule has 0 amide bonds. The van der Waals surface area contributed by atoms with Crippen molar-refractivity contribution in [2.24, 2.45) is 0 Å². The maximum atomic E-state index is 11.7. The van der Waals surface area contributed by atoms with Crippen LogP contribution in [0.15, 0.2) is 30.3 Å². The van der Waals surface area contributed by atoms with E-state index in [4.69, 9.17) is 9.47 Å².